The van der Waals surface area contributed by atoms with E-state index in [0.717, 1.165) is 5.39 Å². The lowest BCUT2D eigenvalue weighted by atomic mass is 10.1. The van der Waals surface area contributed by atoms with Crippen molar-refractivity contribution in [3.05, 3.63) is 65.4 Å². The van der Waals surface area contributed by atoms with E-state index in [1.54, 1.807) is 30.3 Å². The van der Waals surface area contributed by atoms with E-state index < -0.39 is 11.9 Å². The van der Waals surface area contributed by atoms with Gasteiger partial charge in [-0.05, 0) is 25.1 Å². The summed E-state index contributed by atoms with van der Waals surface area (Å²) < 4.78 is 16.0. The lowest BCUT2D eigenvalue weighted by Gasteiger charge is -2.09. The summed E-state index contributed by atoms with van der Waals surface area (Å²) in [5, 5.41) is 3.56. The molecule has 1 aromatic heterocycles. The molecule has 0 unspecified atom stereocenters. The molecule has 6 nitrogen and oxygen atoms in total. The van der Waals surface area contributed by atoms with E-state index in [1.807, 2.05) is 25.1 Å². The van der Waals surface area contributed by atoms with Crippen molar-refractivity contribution in [1.82, 2.24) is 0 Å². The second-order valence-electron chi connectivity index (χ2n) is 5.53. The molecule has 0 spiro atoms. The van der Waals surface area contributed by atoms with Crippen LogP contribution in [0.25, 0.3) is 11.0 Å². The molecule has 0 atom stereocenters. The average molecular weight is 353 g/mol. The van der Waals surface area contributed by atoms with E-state index in [0.29, 0.717) is 23.4 Å². The molecule has 3 rings (SSSR count). The van der Waals surface area contributed by atoms with Crippen LogP contribution in [0, 0.1) is 0 Å². The zero-order valence-corrected chi connectivity index (χ0v) is 14.6. The Morgan fingerprint density at radius 3 is 2.58 bits per heavy atom. The monoisotopic (exact) mass is 353 g/mol. The highest BCUT2D eigenvalue weighted by Crippen LogP contribution is 2.28. The van der Waals surface area contributed by atoms with Gasteiger partial charge in [-0.3, -0.25) is 4.79 Å². The van der Waals surface area contributed by atoms with Gasteiger partial charge in [-0.25, -0.2) is 4.79 Å². The SMILES string of the molecule is CCOCc1c(C(=O)Nc2ccccc2C(=O)OC)oc2ccccc12. The minimum atomic E-state index is -0.528. The predicted molar refractivity (Wildman–Crippen MR) is 97.3 cm³/mol. The standard InChI is InChI=1S/C20H19NO5/c1-3-25-12-15-13-8-5-7-11-17(13)26-18(15)19(22)21-16-10-6-4-9-14(16)20(23)24-2/h4-11H,3,12H2,1-2H3,(H,21,22). The summed E-state index contributed by atoms with van der Waals surface area (Å²) in [5.74, 6) is -0.813. The summed E-state index contributed by atoms with van der Waals surface area (Å²) in [7, 11) is 1.29. The van der Waals surface area contributed by atoms with Crippen LogP contribution in [-0.2, 0) is 16.1 Å². The van der Waals surface area contributed by atoms with Crippen LogP contribution in [0.5, 0.6) is 0 Å². The Morgan fingerprint density at radius 2 is 1.81 bits per heavy atom. The lowest BCUT2D eigenvalue weighted by Crippen LogP contribution is -2.16. The number of rotatable bonds is 6. The Balaban J connectivity index is 1.97. The molecule has 0 radical (unpaired) electrons. The van der Waals surface area contributed by atoms with Crippen molar-refractivity contribution in [3.8, 4) is 0 Å². The number of hydrogen-bond acceptors (Lipinski definition) is 5. The van der Waals surface area contributed by atoms with Gasteiger partial charge in [0.25, 0.3) is 5.91 Å². The van der Waals surface area contributed by atoms with E-state index in [4.69, 9.17) is 13.9 Å². The van der Waals surface area contributed by atoms with Crippen molar-refractivity contribution in [2.75, 3.05) is 19.0 Å². The number of nitrogens with one attached hydrogen (secondary N) is 1. The first-order chi connectivity index (χ1) is 12.7. The molecule has 0 aliphatic carbocycles. The van der Waals surface area contributed by atoms with E-state index in [1.165, 1.54) is 7.11 Å². The average Bonchev–Trinajstić information content (AvgIpc) is 3.05. The number of methoxy groups -OCH3 is 1. The Kier molecular flexibility index (Phi) is 5.34. The van der Waals surface area contributed by atoms with Gasteiger partial charge in [-0.1, -0.05) is 30.3 Å². The van der Waals surface area contributed by atoms with Crippen molar-refractivity contribution >= 4 is 28.5 Å². The maximum Gasteiger partial charge on any atom is 0.339 e. The minimum Gasteiger partial charge on any atom is -0.465 e. The van der Waals surface area contributed by atoms with E-state index in [9.17, 15) is 9.59 Å². The molecule has 1 N–H and O–H groups in total. The van der Waals surface area contributed by atoms with Gasteiger partial charge in [0.15, 0.2) is 5.76 Å². The van der Waals surface area contributed by atoms with Crippen molar-refractivity contribution < 1.29 is 23.5 Å². The zero-order chi connectivity index (χ0) is 18.5. The molecule has 1 amide bonds. The Morgan fingerprint density at radius 1 is 1.08 bits per heavy atom. The fraction of sp³-hybridized carbons (Fsp3) is 0.200. The molecule has 0 bridgehead atoms. The second-order valence-corrected chi connectivity index (χ2v) is 5.53. The van der Waals surface area contributed by atoms with Crippen LogP contribution in [0.15, 0.2) is 52.9 Å². The maximum absolute atomic E-state index is 12.8. The number of carbonyl (C=O) groups excluding carboxylic acids is 2. The summed E-state index contributed by atoms with van der Waals surface area (Å²) in [6, 6.07) is 14.0. The number of amides is 1. The number of fused-ring (bicyclic) bond motifs is 1. The van der Waals surface area contributed by atoms with Crippen molar-refractivity contribution in [2.24, 2.45) is 0 Å². The van der Waals surface area contributed by atoms with Crippen LogP contribution in [0.4, 0.5) is 5.69 Å². The van der Waals surface area contributed by atoms with Crippen LogP contribution in [0.1, 0.15) is 33.4 Å². The molecule has 1 heterocycles. The molecule has 0 saturated carbocycles. The minimum absolute atomic E-state index is 0.166. The fourth-order valence-corrected chi connectivity index (χ4v) is 2.69. The van der Waals surface area contributed by atoms with Gasteiger partial charge in [-0.15, -0.1) is 0 Å². The van der Waals surface area contributed by atoms with Crippen molar-refractivity contribution in [2.45, 2.75) is 13.5 Å². The van der Waals surface area contributed by atoms with Gasteiger partial charge in [0.1, 0.15) is 5.58 Å². The smallest absolute Gasteiger partial charge is 0.339 e. The van der Waals surface area contributed by atoms with Crippen LogP contribution >= 0.6 is 0 Å². The van der Waals surface area contributed by atoms with Crippen molar-refractivity contribution in [1.29, 1.82) is 0 Å². The van der Waals surface area contributed by atoms with Gasteiger partial charge in [0, 0.05) is 17.6 Å². The summed E-state index contributed by atoms with van der Waals surface area (Å²) in [6.45, 7) is 2.66. The van der Waals surface area contributed by atoms with Gasteiger partial charge in [0.05, 0.1) is 25.0 Å². The largest absolute Gasteiger partial charge is 0.465 e. The Bertz CT molecular complexity index is 944. The van der Waals surface area contributed by atoms with Gasteiger partial charge < -0.3 is 19.2 Å². The molecule has 0 saturated heterocycles. The first-order valence-electron chi connectivity index (χ1n) is 8.22. The zero-order valence-electron chi connectivity index (χ0n) is 14.6. The number of carbonyl (C=O) groups is 2. The molecular weight excluding hydrogens is 334 g/mol. The van der Waals surface area contributed by atoms with E-state index >= 15 is 0 Å². The lowest BCUT2D eigenvalue weighted by molar-refractivity contribution is 0.0602. The second kappa shape index (κ2) is 7.84. The van der Waals surface area contributed by atoms with Crippen LogP contribution in [0.3, 0.4) is 0 Å². The summed E-state index contributed by atoms with van der Waals surface area (Å²) >= 11 is 0. The third kappa shape index (κ3) is 3.45. The maximum atomic E-state index is 12.8. The molecule has 0 aliphatic heterocycles. The van der Waals surface area contributed by atoms with Gasteiger partial charge in [-0.2, -0.15) is 0 Å². The Hall–Kier alpha value is -3.12. The highest BCUT2D eigenvalue weighted by atomic mass is 16.5. The third-order valence-electron chi connectivity index (χ3n) is 3.94. The summed E-state index contributed by atoms with van der Waals surface area (Å²) in [4.78, 5) is 24.7. The molecule has 26 heavy (non-hydrogen) atoms. The number of para-hydroxylation sites is 2. The molecule has 0 fully saturated rings. The Labute approximate surface area is 150 Å². The van der Waals surface area contributed by atoms with Crippen LogP contribution in [-0.4, -0.2) is 25.6 Å². The van der Waals surface area contributed by atoms with Gasteiger partial charge >= 0.3 is 5.97 Å². The first-order valence-corrected chi connectivity index (χ1v) is 8.22. The molecule has 0 aliphatic rings. The number of anilines is 1. The topological polar surface area (TPSA) is 77.8 Å². The summed E-state index contributed by atoms with van der Waals surface area (Å²) in [5.41, 5.74) is 1.90. The quantitative estimate of drug-likeness (QED) is 0.678. The molecule has 6 heteroatoms. The number of esters is 1. The van der Waals surface area contributed by atoms with Crippen LogP contribution in [0.2, 0.25) is 0 Å². The number of ether oxygens (including phenoxy) is 2. The predicted octanol–water partition coefficient (Wildman–Crippen LogP) is 4.01. The summed E-state index contributed by atoms with van der Waals surface area (Å²) in [6.07, 6.45) is 0. The van der Waals surface area contributed by atoms with E-state index in [-0.39, 0.29) is 17.9 Å². The highest BCUT2D eigenvalue weighted by molar-refractivity contribution is 6.09. The third-order valence-corrected chi connectivity index (χ3v) is 3.94. The molecule has 3 aromatic rings. The van der Waals surface area contributed by atoms with Crippen molar-refractivity contribution in [3.63, 3.8) is 0 Å². The van der Waals surface area contributed by atoms with Gasteiger partial charge in [0.2, 0.25) is 0 Å². The van der Waals surface area contributed by atoms with Crippen LogP contribution < -0.4 is 5.32 Å². The first kappa shape index (κ1) is 17.7. The number of hydrogen-bond donors (Lipinski definition) is 1. The van der Waals surface area contributed by atoms with E-state index in [2.05, 4.69) is 5.32 Å². The molecule has 2 aromatic carbocycles. The fourth-order valence-electron chi connectivity index (χ4n) is 2.69. The normalized spacial score (nSPS) is 10.7. The number of benzene rings is 2. The number of furan rings is 1. The molecule has 134 valence electrons. The molecular formula is C20H19NO5. The highest BCUT2D eigenvalue weighted by Gasteiger charge is 2.22.